The number of amides is 2. The second-order valence-electron chi connectivity index (χ2n) is 9.24. The molecule has 0 unspecified atom stereocenters. The molecule has 0 bridgehead atoms. The highest BCUT2D eigenvalue weighted by atomic mass is 19.4. The number of nitrogens with one attached hydrogen (secondary N) is 2. The Morgan fingerprint density at radius 2 is 1.69 bits per heavy atom. The molecule has 6 nitrogen and oxygen atoms in total. The summed E-state index contributed by atoms with van der Waals surface area (Å²) in [6, 6.07) is 17.0. The standard InChI is InChI=1S/C30H27F3N2O4/c1-18(2)39-22-15-11-20(12-16-22)23(19-9-13-21(14-10-19)30(31,32)33)5-3-8-28(37)34-25-6-4-7-26-24(25)17-27(36)29(38)35-26/h3-16,18,27,36H,17H2,1-2H3,(H,34,37)(H,35,38)/b8-3+,23-5-/t27-/m1/s1. The number of halogens is 3. The molecule has 0 saturated heterocycles. The van der Waals surface area contributed by atoms with E-state index >= 15 is 0 Å². The Morgan fingerprint density at radius 3 is 2.31 bits per heavy atom. The fourth-order valence-corrected chi connectivity index (χ4v) is 4.13. The van der Waals surface area contributed by atoms with Gasteiger partial charge in [-0.25, -0.2) is 0 Å². The van der Waals surface area contributed by atoms with E-state index in [1.165, 1.54) is 24.3 Å². The third-order valence-electron chi connectivity index (χ3n) is 5.96. The van der Waals surface area contributed by atoms with E-state index in [9.17, 15) is 27.9 Å². The minimum atomic E-state index is -4.45. The topological polar surface area (TPSA) is 87.7 Å². The molecule has 3 aromatic rings. The van der Waals surface area contributed by atoms with E-state index in [4.69, 9.17) is 4.74 Å². The summed E-state index contributed by atoms with van der Waals surface area (Å²) in [5.74, 6) is -0.308. The molecule has 1 aliphatic heterocycles. The van der Waals surface area contributed by atoms with Crippen LogP contribution >= 0.6 is 0 Å². The molecule has 39 heavy (non-hydrogen) atoms. The van der Waals surface area contributed by atoms with Crippen molar-refractivity contribution in [2.75, 3.05) is 10.6 Å². The number of fused-ring (bicyclic) bond motifs is 1. The van der Waals surface area contributed by atoms with Gasteiger partial charge in [-0.15, -0.1) is 0 Å². The predicted octanol–water partition coefficient (Wildman–Crippen LogP) is 5.97. The summed E-state index contributed by atoms with van der Waals surface area (Å²) in [7, 11) is 0. The maximum atomic E-state index is 13.1. The normalized spacial score (nSPS) is 15.7. The summed E-state index contributed by atoms with van der Waals surface area (Å²) in [4.78, 5) is 24.4. The van der Waals surface area contributed by atoms with Crippen molar-refractivity contribution in [2.24, 2.45) is 0 Å². The van der Waals surface area contributed by atoms with Crippen LogP contribution in [-0.4, -0.2) is 29.1 Å². The van der Waals surface area contributed by atoms with Gasteiger partial charge in [0.25, 0.3) is 5.91 Å². The van der Waals surface area contributed by atoms with Gasteiger partial charge in [0.2, 0.25) is 5.91 Å². The van der Waals surface area contributed by atoms with E-state index in [2.05, 4.69) is 10.6 Å². The SMILES string of the molecule is CC(C)Oc1ccc(/C(=C\C=C\C(=O)Nc2cccc3c2C[C@@H](O)C(=O)N3)c2ccc(C(F)(F)F)cc2)cc1. The van der Waals surface area contributed by atoms with Gasteiger partial charge in [0.1, 0.15) is 11.9 Å². The third-order valence-corrected chi connectivity index (χ3v) is 5.96. The van der Waals surface area contributed by atoms with Crippen molar-refractivity contribution in [3.8, 4) is 5.75 Å². The maximum Gasteiger partial charge on any atom is 0.416 e. The molecule has 4 rings (SSSR count). The highest BCUT2D eigenvalue weighted by Crippen LogP contribution is 2.32. The van der Waals surface area contributed by atoms with Gasteiger partial charge in [-0.3, -0.25) is 9.59 Å². The lowest BCUT2D eigenvalue weighted by Gasteiger charge is -2.23. The van der Waals surface area contributed by atoms with Crippen molar-refractivity contribution >= 4 is 28.8 Å². The fourth-order valence-electron chi connectivity index (χ4n) is 4.13. The zero-order valence-electron chi connectivity index (χ0n) is 21.3. The molecule has 0 aromatic heterocycles. The van der Waals surface area contributed by atoms with E-state index in [0.717, 1.165) is 17.7 Å². The summed E-state index contributed by atoms with van der Waals surface area (Å²) in [5.41, 5.74) is 2.68. The second kappa shape index (κ2) is 11.6. The van der Waals surface area contributed by atoms with E-state index in [0.29, 0.717) is 33.8 Å². The fraction of sp³-hybridized carbons (Fsp3) is 0.200. The lowest BCUT2D eigenvalue weighted by molar-refractivity contribution is -0.137. The lowest BCUT2D eigenvalue weighted by atomic mass is 9.96. The molecule has 202 valence electrons. The second-order valence-corrected chi connectivity index (χ2v) is 9.24. The molecule has 0 radical (unpaired) electrons. The minimum Gasteiger partial charge on any atom is -0.491 e. The Balaban J connectivity index is 1.59. The van der Waals surface area contributed by atoms with Crippen LogP contribution in [0.25, 0.3) is 5.57 Å². The van der Waals surface area contributed by atoms with Crippen molar-refractivity contribution in [1.29, 1.82) is 0 Å². The van der Waals surface area contributed by atoms with Crippen LogP contribution in [0.2, 0.25) is 0 Å². The molecule has 1 aliphatic rings. The molecular formula is C30H27F3N2O4. The minimum absolute atomic E-state index is 0.0167. The molecule has 9 heteroatoms. The van der Waals surface area contributed by atoms with Gasteiger partial charge >= 0.3 is 6.18 Å². The molecular weight excluding hydrogens is 509 g/mol. The van der Waals surface area contributed by atoms with E-state index in [1.54, 1.807) is 48.5 Å². The van der Waals surface area contributed by atoms with Gasteiger partial charge in [0.15, 0.2) is 0 Å². The Labute approximate surface area is 223 Å². The van der Waals surface area contributed by atoms with Crippen molar-refractivity contribution < 1.29 is 32.6 Å². The van der Waals surface area contributed by atoms with Gasteiger partial charge < -0.3 is 20.5 Å². The first kappa shape index (κ1) is 27.7. The number of rotatable bonds is 7. The first-order valence-corrected chi connectivity index (χ1v) is 12.3. The Bertz CT molecular complexity index is 1410. The number of carbonyl (C=O) groups excluding carboxylic acids is 2. The van der Waals surface area contributed by atoms with Crippen molar-refractivity contribution in [2.45, 2.75) is 38.7 Å². The Hall–Kier alpha value is -4.37. The number of alkyl halides is 3. The van der Waals surface area contributed by atoms with Crippen LogP contribution in [0.4, 0.5) is 24.5 Å². The van der Waals surface area contributed by atoms with Gasteiger partial charge in [0.05, 0.1) is 11.7 Å². The highest BCUT2D eigenvalue weighted by molar-refractivity contribution is 6.03. The van der Waals surface area contributed by atoms with Crippen LogP contribution in [0.5, 0.6) is 5.75 Å². The van der Waals surface area contributed by atoms with Gasteiger partial charge in [-0.05, 0) is 66.9 Å². The number of aliphatic hydroxyl groups excluding tert-OH is 1. The van der Waals surface area contributed by atoms with E-state index in [1.807, 2.05) is 13.8 Å². The molecule has 0 aliphatic carbocycles. The van der Waals surface area contributed by atoms with Crippen molar-refractivity contribution in [3.63, 3.8) is 0 Å². The van der Waals surface area contributed by atoms with Crippen LogP contribution in [0.3, 0.4) is 0 Å². The number of carbonyl (C=O) groups is 2. The molecule has 1 atom stereocenters. The maximum absolute atomic E-state index is 13.1. The summed E-state index contributed by atoms with van der Waals surface area (Å²) >= 11 is 0. The summed E-state index contributed by atoms with van der Waals surface area (Å²) in [5, 5.41) is 15.3. The number of aliphatic hydroxyl groups is 1. The van der Waals surface area contributed by atoms with Gasteiger partial charge in [-0.1, -0.05) is 42.5 Å². The average Bonchev–Trinajstić information content (AvgIpc) is 2.88. The quantitative estimate of drug-likeness (QED) is 0.256. The molecule has 2 amide bonds. The number of anilines is 2. The van der Waals surface area contributed by atoms with Crippen molar-refractivity contribution in [1.82, 2.24) is 0 Å². The van der Waals surface area contributed by atoms with Crippen LogP contribution < -0.4 is 15.4 Å². The predicted molar refractivity (Wildman–Crippen MR) is 143 cm³/mol. The van der Waals surface area contributed by atoms with Crippen molar-refractivity contribution in [3.05, 3.63) is 107 Å². The zero-order chi connectivity index (χ0) is 28.2. The number of hydrogen-bond donors (Lipinski definition) is 3. The van der Waals surface area contributed by atoms with Crippen LogP contribution in [0.1, 0.15) is 36.1 Å². The molecule has 0 saturated carbocycles. The number of allylic oxidation sites excluding steroid dienone is 2. The summed E-state index contributed by atoms with van der Waals surface area (Å²) in [6.45, 7) is 3.81. The Kier molecular flexibility index (Phi) is 8.21. The zero-order valence-corrected chi connectivity index (χ0v) is 21.3. The molecule has 0 fully saturated rings. The van der Waals surface area contributed by atoms with Gasteiger partial charge in [0, 0.05) is 29.4 Å². The van der Waals surface area contributed by atoms with E-state index in [-0.39, 0.29) is 12.5 Å². The first-order valence-electron chi connectivity index (χ1n) is 12.3. The molecule has 3 N–H and O–H groups in total. The van der Waals surface area contributed by atoms with Crippen LogP contribution in [-0.2, 0) is 22.2 Å². The monoisotopic (exact) mass is 536 g/mol. The van der Waals surface area contributed by atoms with Crippen LogP contribution in [0.15, 0.2) is 85.0 Å². The lowest BCUT2D eigenvalue weighted by Crippen LogP contribution is -2.34. The van der Waals surface area contributed by atoms with Gasteiger partial charge in [-0.2, -0.15) is 13.2 Å². The number of benzene rings is 3. The molecule has 1 heterocycles. The smallest absolute Gasteiger partial charge is 0.416 e. The third kappa shape index (κ3) is 6.94. The highest BCUT2D eigenvalue weighted by Gasteiger charge is 2.30. The Morgan fingerprint density at radius 1 is 1.05 bits per heavy atom. The van der Waals surface area contributed by atoms with Crippen LogP contribution in [0, 0.1) is 0 Å². The first-order chi connectivity index (χ1) is 18.5. The molecule has 0 spiro atoms. The largest absolute Gasteiger partial charge is 0.491 e. The summed E-state index contributed by atoms with van der Waals surface area (Å²) in [6.07, 6.45) is -1.17. The number of hydrogen-bond acceptors (Lipinski definition) is 4. The van der Waals surface area contributed by atoms with E-state index < -0.39 is 29.7 Å². The number of ether oxygens (including phenoxy) is 1. The molecule has 3 aromatic carbocycles. The summed E-state index contributed by atoms with van der Waals surface area (Å²) < 4.78 is 44.9. The average molecular weight is 537 g/mol.